The Morgan fingerprint density at radius 2 is 2.08 bits per heavy atom. The molecule has 1 atom stereocenters. The third-order valence-electron chi connectivity index (χ3n) is 4.03. The van der Waals surface area contributed by atoms with Crippen LogP contribution in [0.15, 0.2) is 55.0 Å². The van der Waals surface area contributed by atoms with Gasteiger partial charge in [0.15, 0.2) is 0 Å². The van der Waals surface area contributed by atoms with E-state index in [0.29, 0.717) is 17.3 Å². The van der Waals surface area contributed by atoms with Crippen molar-refractivity contribution in [3.8, 4) is 0 Å². The van der Waals surface area contributed by atoms with Crippen LogP contribution in [0.25, 0.3) is 0 Å². The van der Waals surface area contributed by atoms with Gasteiger partial charge in [-0.2, -0.15) is 0 Å². The molecule has 0 saturated carbocycles. The fraction of sp³-hybridized carbons (Fsp3) is 0.200. The molecule has 0 aliphatic carbocycles. The highest BCUT2D eigenvalue weighted by atomic mass is 35.5. The number of aromatic nitrogens is 3. The molecular weight excluding hydrogens is 348 g/mol. The maximum absolute atomic E-state index is 12.4. The minimum absolute atomic E-state index is 0.205. The van der Waals surface area contributed by atoms with E-state index in [1.54, 1.807) is 18.5 Å². The topological polar surface area (TPSA) is 67.8 Å². The first-order valence-corrected chi connectivity index (χ1v) is 8.69. The van der Waals surface area contributed by atoms with Gasteiger partial charge in [-0.25, -0.2) is 4.98 Å². The highest BCUT2D eigenvalue weighted by molar-refractivity contribution is 6.29. The molecule has 26 heavy (non-hydrogen) atoms. The van der Waals surface area contributed by atoms with E-state index in [9.17, 15) is 4.79 Å². The molecule has 132 valence electrons. The Morgan fingerprint density at radius 3 is 2.85 bits per heavy atom. The monoisotopic (exact) mass is 366 g/mol. The highest BCUT2D eigenvalue weighted by Gasteiger charge is 2.11. The molecule has 1 N–H and O–H groups in total. The number of anilines is 1. The van der Waals surface area contributed by atoms with Crippen LogP contribution in [0.2, 0.25) is 5.15 Å². The summed E-state index contributed by atoms with van der Waals surface area (Å²) in [5, 5.41) is 3.29. The van der Waals surface area contributed by atoms with Gasteiger partial charge < -0.3 is 5.32 Å². The SMILES string of the molecule is Cc1ccnc(C(=O)Nc2cccc([C@H](C)Cc3cncc(Cl)n3)c2)c1. The number of carbonyl (C=O) groups is 1. The second kappa shape index (κ2) is 8.06. The fourth-order valence-electron chi connectivity index (χ4n) is 2.69. The summed E-state index contributed by atoms with van der Waals surface area (Å²) in [4.78, 5) is 24.8. The zero-order valence-corrected chi connectivity index (χ0v) is 15.4. The summed E-state index contributed by atoms with van der Waals surface area (Å²) in [6.45, 7) is 4.03. The molecule has 2 heterocycles. The smallest absolute Gasteiger partial charge is 0.274 e. The van der Waals surface area contributed by atoms with Crippen molar-refractivity contribution in [1.82, 2.24) is 15.0 Å². The van der Waals surface area contributed by atoms with E-state index in [2.05, 4.69) is 27.2 Å². The largest absolute Gasteiger partial charge is 0.321 e. The van der Waals surface area contributed by atoms with E-state index in [0.717, 1.165) is 22.5 Å². The molecule has 2 aromatic heterocycles. The van der Waals surface area contributed by atoms with E-state index in [-0.39, 0.29) is 11.8 Å². The van der Waals surface area contributed by atoms with Gasteiger partial charge in [-0.05, 0) is 54.7 Å². The van der Waals surface area contributed by atoms with Gasteiger partial charge in [0.25, 0.3) is 5.91 Å². The molecule has 0 aliphatic rings. The van der Waals surface area contributed by atoms with Crippen molar-refractivity contribution in [2.45, 2.75) is 26.2 Å². The number of benzene rings is 1. The molecule has 0 bridgehead atoms. The van der Waals surface area contributed by atoms with Crippen molar-refractivity contribution in [3.63, 3.8) is 0 Å². The van der Waals surface area contributed by atoms with Gasteiger partial charge in [0.2, 0.25) is 0 Å². The lowest BCUT2D eigenvalue weighted by atomic mass is 9.96. The lowest BCUT2D eigenvalue weighted by molar-refractivity contribution is 0.102. The molecule has 6 heteroatoms. The maximum atomic E-state index is 12.4. The van der Waals surface area contributed by atoms with E-state index >= 15 is 0 Å². The zero-order valence-electron chi connectivity index (χ0n) is 14.6. The molecule has 0 fully saturated rings. The molecule has 0 unspecified atom stereocenters. The van der Waals surface area contributed by atoms with Crippen molar-refractivity contribution in [2.75, 3.05) is 5.32 Å². The minimum atomic E-state index is -0.223. The van der Waals surface area contributed by atoms with Crippen molar-refractivity contribution in [2.24, 2.45) is 0 Å². The van der Waals surface area contributed by atoms with Gasteiger partial charge in [-0.3, -0.25) is 14.8 Å². The van der Waals surface area contributed by atoms with Gasteiger partial charge in [0, 0.05) is 18.1 Å². The Bertz CT molecular complexity index is 929. The number of nitrogens with one attached hydrogen (secondary N) is 1. The Kier molecular flexibility index (Phi) is 5.58. The lowest BCUT2D eigenvalue weighted by Gasteiger charge is -2.13. The quantitative estimate of drug-likeness (QED) is 0.725. The number of pyridine rings is 1. The van der Waals surface area contributed by atoms with Gasteiger partial charge in [0.05, 0.1) is 11.9 Å². The van der Waals surface area contributed by atoms with Crippen LogP contribution in [0.5, 0.6) is 0 Å². The number of carbonyl (C=O) groups excluding carboxylic acids is 1. The van der Waals surface area contributed by atoms with E-state index < -0.39 is 0 Å². The molecule has 0 aliphatic heterocycles. The van der Waals surface area contributed by atoms with Crippen LogP contribution in [0, 0.1) is 6.92 Å². The van der Waals surface area contributed by atoms with Gasteiger partial charge in [-0.15, -0.1) is 0 Å². The second-order valence-corrected chi connectivity index (χ2v) is 6.62. The summed E-state index contributed by atoms with van der Waals surface area (Å²) in [7, 11) is 0. The summed E-state index contributed by atoms with van der Waals surface area (Å²) in [6, 6.07) is 11.4. The average Bonchev–Trinajstić information content (AvgIpc) is 2.62. The normalized spacial score (nSPS) is 11.8. The van der Waals surface area contributed by atoms with Crippen molar-refractivity contribution >= 4 is 23.2 Å². The number of rotatable bonds is 5. The zero-order chi connectivity index (χ0) is 18.5. The predicted octanol–water partition coefficient (Wildman–Crippen LogP) is 4.43. The van der Waals surface area contributed by atoms with Crippen LogP contribution in [-0.2, 0) is 6.42 Å². The van der Waals surface area contributed by atoms with Crippen molar-refractivity contribution < 1.29 is 4.79 Å². The summed E-state index contributed by atoms with van der Waals surface area (Å²) in [5.41, 5.74) is 4.07. The minimum Gasteiger partial charge on any atom is -0.321 e. The average molecular weight is 367 g/mol. The van der Waals surface area contributed by atoms with Gasteiger partial charge in [0.1, 0.15) is 10.8 Å². The number of amides is 1. The van der Waals surface area contributed by atoms with Crippen LogP contribution in [0.1, 0.15) is 40.2 Å². The van der Waals surface area contributed by atoms with Gasteiger partial charge in [-0.1, -0.05) is 30.7 Å². The van der Waals surface area contributed by atoms with Gasteiger partial charge >= 0.3 is 0 Å². The Morgan fingerprint density at radius 1 is 1.23 bits per heavy atom. The summed E-state index contributed by atoms with van der Waals surface area (Å²) < 4.78 is 0. The molecule has 5 nitrogen and oxygen atoms in total. The molecule has 3 aromatic rings. The van der Waals surface area contributed by atoms with E-state index in [1.165, 1.54) is 6.20 Å². The number of halogens is 1. The Labute approximate surface area is 157 Å². The molecular formula is C20H19ClN4O. The first-order chi connectivity index (χ1) is 12.5. The third kappa shape index (κ3) is 4.64. The predicted molar refractivity (Wildman–Crippen MR) is 103 cm³/mol. The summed E-state index contributed by atoms with van der Waals surface area (Å²) in [6.07, 6.45) is 5.59. The molecule has 0 saturated heterocycles. The number of hydrogen-bond donors (Lipinski definition) is 1. The molecule has 1 aromatic carbocycles. The number of hydrogen-bond acceptors (Lipinski definition) is 4. The molecule has 3 rings (SSSR count). The molecule has 0 spiro atoms. The molecule has 1 amide bonds. The first-order valence-electron chi connectivity index (χ1n) is 8.31. The third-order valence-corrected chi connectivity index (χ3v) is 4.21. The summed E-state index contributed by atoms with van der Waals surface area (Å²) in [5.74, 6) is -0.0177. The van der Waals surface area contributed by atoms with Crippen LogP contribution in [-0.4, -0.2) is 20.9 Å². The highest BCUT2D eigenvalue weighted by Crippen LogP contribution is 2.23. The standard InChI is InChI=1S/C20H19ClN4O/c1-13-6-7-23-18(8-13)20(26)25-16-5-3-4-15(10-16)14(2)9-17-11-22-12-19(21)24-17/h3-8,10-12,14H,9H2,1-2H3,(H,25,26)/t14-/m1/s1. The maximum Gasteiger partial charge on any atom is 0.274 e. The van der Waals surface area contributed by atoms with E-state index in [1.807, 2.05) is 37.3 Å². The fourth-order valence-corrected chi connectivity index (χ4v) is 2.85. The van der Waals surface area contributed by atoms with Crippen LogP contribution < -0.4 is 5.32 Å². The second-order valence-electron chi connectivity index (χ2n) is 6.24. The molecule has 0 radical (unpaired) electrons. The van der Waals surface area contributed by atoms with Crippen molar-refractivity contribution in [3.05, 3.63) is 82.7 Å². The number of aryl methyl sites for hydroxylation is 1. The number of nitrogens with zero attached hydrogens (tertiary/aromatic N) is 3. The van der Waals surface area contributed by atoms with Crippen LogP contribution >= 0.6 is 11.6 Å². The van der Waals surface area contributed by atoms with Crippen LogP contribution in [0.3, 0.4) is 0 Å². The van der Waals surface area contributed by atoms with Crippen molar-refractivity contribution in [1.29, 1.82) is 0 Å². The summed E-state index contributed by atoms with van der Waals surface area (Å²) >= 11 is 5.90. The Balaban J connectivity index is 1.72. The van der Waals surface area contributed by atoms with Crippen LogP contribution in [0.4, 0.5) is 5.69 Å². The Hall–Kier alpha value is -2.79. The first kappa shape index (κ1) is 18.0. The van der Waals surface area contributed by atoms with E-state index in [4.69, 9.17) is 11.6 Å². The lowest BCUT2D eigenvalue weighted by Crippen LogP contribution is -2.14.